The predicted octanol–water partition coefficient (Wildman–Crippen LogP) is 2.90. The molecule has 2 aromatic rings. The van der Waals surface area contributed by atoms with Crippen LogP contribution in [0.2, 0.25) is 5.02 Å². The predicted molar refractivity (Wildman–Crippen MR) is 101 cm³/mol. The summed E-state index contributed by atoms with van der Waals surface area (Å²) in [6.07, 6.45) is -0.0908. The van der Waals surface area contributed by atoms with Gasteiger partial charge in [0.15, 0.2) is 5.78 Å². The van der Waals surface area contributed by atoms with Crippen LogP contribution < -0.4 is 0 Å². The van der Waals surface area contributed by atoms with E-state index < -0.39 is 12.1 Å². The van der Waals surface area contributed by atoms with Crippen LogP contribution in [0.4, 0.5) is 0 Å². The zero-order valence-corrected chi connectivity index (χ0v) is 16.1. The molecule has 1 saturated heterocycles. The molecule has 0 bridgehead atoms. The summed E-state index contributed by atoms with van der Waals surface area (Å²) in [7, 11) is 0. The summed E-state index contributed by atoms with van der Waals surface area (Å²) in [6, 6.07) is 8.49. The first kappa shape index (κ1) is 19.6. The average Bonchev–Trinajstić information content (AvgIpc) is 3.21. The molecule has 0 unspecified atom stereocenters. The number of hydrogen-bond donors (Lipinski definition) is 1. The molecule has 2 heterocycles. The van der Waals surface area contributed by atoms with Crippen molar-refractivity contribution in [1.29, 1.82) is 0 Å². The highest BCUT2D eigenvalue weighted by atomic mass is 35.5. The maximum Gasteiger partial charge on any atom is 0.231 e. The molecule has 3 rings (SSSR count). The van der Waals surface area contributed by atoms with E-state index in [1.165, 1.54) is 4.90 Å². The first-order valence-corrected chi connectivity index (χ1v) is 9.39. The van der Waals surface area contributed by atoms with E-state index in [1.807, 2.05) is 19.1 Å². The third-order valence-corrected chi connectivity index (χ3v) is 5.17. The van der Waals surface area contributed by atoms with Crippen LogP contribution in [0.5, 0.6) is 0 Å². The van der Waals surface area contributed by atoms with Crippen molar-refractivity contribution in [2.75, 3.05) is 6.54 Å². The molecule has 7 heteroatoms. The molecule has 0 saturated carbocycles. The van der Waals surface area contributed by atoms with Crippen LogP contribution in [0.1, 0.15) is 42.7 Å². The van der Waals surface area contributed by atoms with Crippen molar-refractivity contribution < 1.29 is 19.2 Å². The lowest BCUT2D eigenvalue weighted by molar-refractivity contribution is -0.137. The Balaban J connectivity index is 1.66. The number of halogens is 1. The number of amides is 1. The number of aliphatic hydroxyl groups is 1. The number of likely N-dealkylation sites (tertiary alicyclic amines) is 1. The minimum Gasteiger partial charge on any atom is -0.391 e. The zero-order valence-electron chi connectivity index (χ0n) is 15.4. The van der Waals surface area contributed by atoms with Gasteiger partial charge in [-0.15, -0.1) is 0 Å². The lowest BCUT2D eigenvalue weighted by atomic mass is 9.92. The van der Waals surface area contributed by atoms with E-state index in [-0.39, 0.29) is 37.0 Å². The molecule has 144 valence electrons. The fourth-order valence-corrected chi connectivity index (χ4v) is 3.62. The van der Waals surface area contributed by atoms with Gasteiger partial charge in [-0.1, -0.05) is 35.8 Å². The molecule has 6 nitrogen and oxygen atoms in total. The molecule has 3 atom stereocenters. The van der Waals surface area contributed by atoms with Crippen molar-refractivity contribution in [3.63, 3.8) is 0 Å². The number of carbonyl (C=O) groups is 2. The fourth-order valence-electron chi connectivity index (χ4n) is 3.49. The number of carbonyl (C=O) groups excluding carboxylic acids is 2. The fraction of sp³-hybridized carbons (Fsp3) is 0.450. The van der Waals surface area contributed by atoms with Gasteiger partial charge in [0.05, 0.1) is 24.3 Å². The van der Waals surface area contributed by atoms with Crippen LogP contribution in [0.15, 0.2) is 34.9 Å². The Morgan fingerprint density at radius 3 is 2.70 bits per heavy atom. The van der Waals surface area contributed by atoms with E-state index in [4.69, 9.17) is 16.1 Å². The molecule has 0 radical (unpaired) electrons. The highest BCUT2D eigenvalue weighted by Gasteiger charge is 2.39. The van der Waals surface area contributed by atoms with Crippen molar-refractivity contribution >= 4 is 23.3 Å². The lowest BCUT2D eigenvalue weighted by Gasteiger charge is -2.24. The second-order valence-electron chi connectivity index (χ2n) is 7.19. The van der Waals surface area contributed by atoms with Crippen LogP contribution in [-0.2, 0) is 16.0 Å². The quantitative estimate of drug-likeness (QED) is 0.819. The monoisotopic (exact) mass is 390 g/mol. The number of Topliss-reactive ketones (excluding diaryl/α,β-unsaturated/α-hetero) is 1. The van der Waals surface area contributed by atoms with Crippen molar-refractivity contribution in [2.24, 2.45) is 0 Å². The summed E-state index contributed by atoms with van der Waals surface area (Å²) >= 11 is 5.91. The number of aryl methyl sites for hydroxylation is 1. The average molecular weight is 391 g/mol. The van der Waals surface area contributed by atoms with Gasteiger partial charge < -0.3 is 14.5 Å². The second kappa shape index (κ2) is 8.23. The minimum atomic E-state index is -0.690. The summed E-state index contributed by atoms with van der Waals surface area (Å²) in [5, 5.41) is 14.4. The summed E-state index contributed by atoms with van der Waals surface area (Å²) in [5.41, 5.74) is 1.71. The lowest BCUT2D eigenvalue weighted by Crippen LogP contribution is -2.41. The Morgan fingerprint density at radius 2 is 2.07 bits per heavy atom. The van der Waals surface area contributed by atoms with Crippen molar-refractivity contribution in [3.8, 4) is 0 Å². The third kappa shape index (κ3) is 4.76. The van der Waals surface area contributed by atoms with Crippen LogP contribution in [-0.4, -0.2) is 45.5 Å². The number of β-amino-alcohol motifs (C(OH)–C–C–N with tert-alkyl or cyclic N) is 1. The molecule has 1 fully saturated rings. The van der Waals surface area contributed by atoms with E-state index in [0.29, 0.717) is 22.9 Å². The van der Waals surface area contributed by atoms with Gasteiger partial charge in [-0.05, 0) is 30.5 Å². The van der Waals surface area contributed by atoms with Crippen molar-refractivity contribution in [2.45, 2.75) is 51.2 Å². The Bertz CT molecular complexity index is 818. The SMILES string of the molecule is Cc1cc(CC(=O)N2C[C@H](O)C[C@H]2C(=O)C[C@@H](C)c2ccc(Cl)cc2)on1. The first-order chi connectivity index (χ1) is 12.8. The van der Waals surface area contributed by atoms with E-state index in [2.05, 4.69) is 5.16 Å². The molecule has 27 heavy (non-hydrogen) atoms. The molecule has 1 N–H and O–H groups in total. The Hall–Kier alpha value is -2.18. The number of benzene rings is 1. The zero-order chi connectivity index (χ0) is 19.6. The highest BCUT2D eigenvalue weighted by Crippen LogP contribution is 2.26. The Morgan fingerprint density at radius 1 is 1.37 bits per heavy atom. The largest absolute Gasteiger partial charge is 0.391 e. The number of rotatable bonds is 6. The minimum absolute atomic E-state index is 0.00128. The van der Waals surface area contributed by atoms with Gasteiger partial charge >= 0.3 is 0 Å². The van der Waals surface area contributed by atoms with E-state index in [1.54, 1.807) is 25.1 Å². The standard InChI is InChI=1S/C20H23ClN2O4/c1-12(14-3-5-15(21)6-4-14)7-19(25)18-9-16(24)11-23(18)20(26)10-17-8-13(2)22-27-17/h3-6,8,12,16,18,24H,7,9-11H2,1-2H3/t12-,16-,18+/m1/s1. The summed E-state index contributed by atoms with van der Waals surface area (Å²) < 4.78 is 5.09. The molecule has 1 aliphatic rings. The molecular formula is C20H23ClN2O4. The van der Waals surface area contributed by atoms with Gasteiger partial charge in [0.1, 0.15) is 5.76 Å². The Kier molecular flexibility index (Phi) is 5.97. The first-order valence-electron chi connectivity index (χ1n) is 9.01. The van der Waals surface area contributed by atoms with Crippen LogP contribution >= 0.6 is 11.6 Å². The van der Waals surface area contributed by atoms with Gasteiger partial charge in [-0.2, -0.15) is 0 Å². The van der Waals surface area contributed by atoms with Gasteiger partial charge in [-0.25, -0.2) is 0 Å². The van der Waals surface area contributed by atoms with Crippen molar-refractivity contribution in [1.82, 2.24) is 10.1 Å². The second-order valence-corrected chi connectivity index (χ2v) is 7.62. The molecule has 1 amide bonds. The van der Waals surface area contributed by atoms with E-state index in [0.717, 1.165) is 5.56 Å². The number of nitrogens with zero attached hydrogens (tertiary/aromatic N) is 2. The number of aliphatic hydroxyl groups excluding tert-OH is 1. The van der Waals surface area contributed by atoms with Crippen LogP contribution in [0, 0.1) is 6.92 Å². The maximum atomic E-state index is 12.8. The summed E-state index contributed by atoms with van der Waals surface area (Å²) in [4.78, 5) is 27.0. The van der Waals surface area contributed by atoms with Crippen LogP contribution in [0.25, 0.3) is 0 Å². The molecular weight excluding hydrogens is 368 g/mol. The Labute approximate surface area is 163 Å². The summed E-state index contributed by atoms with van der Waals surface area (Å²) in [5.74, 6) is 0.178. The number of aromatic nitrogens is 1. The van der Waals surface area contributed by atoms with E-state index in [9.17, 15) is 14.7 Å². The van der Waals surface area contributed by atoms with E-state index >= 15 is 0 Å². The van der Waals surface area contributed by atoms with Crippen LogP contribution in [0.3, 0.4) is 0 Å². The number of hydrogen-bond acceptors (Lipinski definition) is 5. The third-order valence-electron chi connectivity index (χ3n) is 4.92. The maximum absolute atomic E-state index is 12.8. The molecule has 1 aliphatic heterocycles. The van der Waals surface area contributed by atoms with Gasteiger partial charge in [0, 0.05) is 30.5 Å². The molecule has 0 aliphatic carbocycles. The van der Waals surface area contributed by atoms with Gasteiger partial charge in [0.2, 0.25) is 5.91 Å². The van der Waals surface area contributed by atoms with Gasteiger partial charge in [0.25, 0.3) is 0 Å². The van der Waals surface area contributed by atoms with Gasteiger partial charge in [-0.3, -0.25) is 9.59 Å². The highest BCUT2D eigenvalue weighted by molar-refractivity contribution is 6.30. The number of ketones is 1. The topological polar surface area (TPSA) is 83.6 Å². The van der Waals surface area contributed by atoms with Crippen molar-refractivity contribution in [3.05, 3.63) is 52.4 Å². The normalized spacial score (nSPS) is 20.7. The molecule has 0 spiro atoms. The smallest absolute Gasteiger partial charge is 0.231 e. The molecule has 1 aromatic carbocycles. The summed E-state index contributed by atoms with van der Waals surface area (Å²) in [6.45, 7) is 3.91. The molecule has 1 aromatic heterocycles.